The molecule has 126 valence electrons. The molecule has 0 spiro atoms. The van der Waals surface area contributed by atoms with Crippen molar-refractivity contribution in [2.75, 3.05) is 6.61 Å². The quantitative estimate of drug-likeness (QED) is 0.210. The molecule has 0 radical (unpaired) electrons. The number of unbranched alkanes of at least 4 members (excludes halogenated alkanes) is 1. The number of carbonyl (C=O) groups excluding carboxylic acids is 1. The summed E-state index contributed by atoms with van der Waals surface area (Å²) in [6, 6.07) is 7.30. The molecule has 1 N–H and O–H groups in total. The monoisotopic (exact) mass is 432 g/mol. The molecule has 1 aromatic rings. The zero-order chi connectivity index (χ0) is 17.3. The number of esters is 1. The molecule has 0 bridgehead atoms. The molecule has 6 heteroatoms. The molecule has 5 nitrogen and oxygen atoms in total. The number of benzene rings is 1. The molecule has 0 aromatic heterocycles. The van der Waals surface area contributed by atoms with E-state index in [4.69, 9.17) is 14.6 Å². The van der Waals surface area contributed by atoms with Gasteiger partial charge in [-0.25, -0.2) is 4.79 Å². The van der Waals surface area contributed by atoms with E-state index in [0.717, 1.165) is 5.56 Å². The predicted octanol–water partition coefficient (Wildman–Crippen LogP) is 4.05. The van der Waals surface area contributed by atoms with Gasteiger partial charge in [0.25, 0.3) is 0 Å². The van der Waals surface area contributed by atoms with Crippen LogP contribution >= 0.6 is 22.6 Å². The minimum Gasteiger partial charge on any atom is -0.494 e. The Morgan fingerprint density at radius 3 is 2.43 bits per heavy atom. The summed E-state index contributed by atoms with van der Waals surface area (Å²) in [6.45, 7) is 4.10. The standard InChI is InChI=1S/C17H21IO5/c1-17(2,18)23-16(21)11-8-13-6-9-14(10-7-13)22-12-4-3-5-15(19)20/h6-11H,3-5,12H2,1-2H3,(H,19,20)/b11-8+. The van der Waals surface area contributed by atoms with Gasteiger partial charge < -0.3 is 14.6 Å². The minimum atomic E-state index is -0.786. The van der Waals surface area contributed by atoms with Gasteiger partial charge >= 0.3 is 11.9 Å². The van der Waals surface area contributed by atoms with Crippen molar-refractivity contribution in [1.29, 1.82) is 0 Å². The van der Waals surface area contributed by atoms with E-state index in [1.165, 1.54) is 6.08 Å². The highest BCUT2D eigenvalue weighted by Gasteiger charge is 2.15. The van der Waals surface area contributed by atoms with Gasteiger partial charge in [0.2, 0.25) is 0 Å². The fraction of sp³-hybridized carbons (Fsp3) is 0.412. The van der Waals surface area contributed by atoms with Crippen LogP contribution in [0.4, 0.5) is 0 Å². The molecule has 0 atom stereocenters. The highest BCUT2D eigenvalue weighted by Crippen LogP contribution is 2.19. The maximum absolute atomic E-state index is 11.6. The SMILES string of the molecule is CC(C)(I)OC(=O)/C=C/c1ccc(OCCCCC(=O)O)cc1. The summed E-state index contributed by atoms with van der Waals surface area (Å²) < 4.78 is 10.2. The molecule has 0 amide bonds. The summed E-state index contributed by atoms with van der Waals surface area (Å²) in [5.41, 5.74) is 0.867. The van der Waals surface area contributed by atoms with E-state index in [9.17, 15) is 9.59 Å². The Morgan fingerprint density at radius 1 is 1.22 bits per heavy atom. The van der Waals surface area contributed by atoms with Crippen LogP contribution in [0.5, 0.6) is 5.75 Å². The highest BCUT2D eigenvalue weighted by molar-refractivity contribution is 14.1. The molecule has 0 fully saturated rings. The number of carboxylic acid groups (broad SMARTS) is 1. The van der Waals surface area contributed by atoms with E-state index in [1.54, 1.807) is 6.08 Å². The largest absolute Gasteiger partial charge is 0.494 e. The second kappa shape index (κ2) is 9.54. The number of hydrogen-bond donors (Lipinski definition) is 1. The van der Waals surface area contributed by atoms with Crippen molar-refractivity contribution in [2.45, 2.75) is 36.7 Å². The number of alkyl halides is 1. The Morgan fingerprint density at radius 2 is 1.87 bits per heavy atom. The first-order chi connectivity index (χ1) is 10.8. The summed E-state index contributed by atoms with van der Waals surface area (Å²) in [5, 5.41) is 8.53. The lowest BCUT2D eigenvalue weighted by Gasteiger charge is -2.15. The van der Waals surface area contributed by atoms with Crippen LogP contribution in [0.25, 0.3) is 6.08 Å². The lowest BCUT2D eigenvalue weighted by molar-refractivity contribution is -0.142. The first-order valence-electron chi connectivity index (χ1n) is 7.31. The summed E-state index contributed by atoms with van der Waals surface area (Å²) in [4.78, 5) is 21.9. The van der Waals surface area contributed by atoms with Crippen molar-refractivity contribution in [1.82, 2.24) is 0 Å². The molecular formula is C17H21IO5. The fourth-order valence-corrected chi connectivity index (χ4v) is 1.90. The van der Waals surface area contributed by atoms with Crippen molar-refractivity contribution in [3.05, 3.63) is 35.9 Å². The van der Waals surface area contributed by atoms with Crippen molar-refractivity contribution in [3.63, 3.8) is 0 Å². The Kier molecular flexibility index (Phi) is 8.08. The Hall–Kier alpha value is -1.57. The molecule has 0 saturated carbocycles. The third-order valence-corrected chi connectivity index (χ3v) is 2.91. The average molecular weight is 432 g/mol. The Labute approximate surface area is 149 Å². The number of ether oxygens (including phenoxy) is 2. The molecule has 0 aliphatic carbocycles. The third-order valence-electron chi connectivity index (χ3n) is 2.69. The van der Waals surface area contributed by atoms with Crippen molar-refractivity contribution >= 4 is 40.6 Å². The predicted molar refractivity (Wildman–Crippen MR) is 96.6 cm³/mol. The molecule has 1 aromatic carbocycles. The van der Waals surface area contributed by atoms with Crippen LogP contribution in [0, 0.1) is 0 Å². The van der Waals surface area contributed by atoms with Crippen LogP contribution in [0.2, 0.25) is 0 Å². The number of hydrogen-bond acceptors (Lipinski definition) is 4. The van der Waals surface area contributed by atoms with Crippen LogP contribution in [-0.4, -0.2) is 27.3 Å². The fourth-order valence-electron chi connectivity index (χ4n) is 1.68. The first kappa shape index (κ1) is 19.5. The van der Waals surface area contributed by atoms with Crippen molar-refractivity contribution in [2.24, 2.45) is 0 Å². The average Bonchev–Trinajstić information content (AvgIpc) is 2.44. The van der Waals surface area contributed by atoms with Crippen LogP contribution in [0.3, 0.4) is 0 Å². The number of halogens is 1. The van der Waals surface area contributed by atoms with Gasteiger partial charge in [-0.2, -0.15) is 0 Å². The molecule has 0 heterocycles. The van der Waals surface area contributed by atoms with E-state index in [-0.39, 0.29) is 12.4 Å². The van der Waals surface area contributed by atoms with Crippen LogP contribution in [-0.2, 0) is 14.3 Å². The maximum Gasteiger partial charge on any atom is 0.332 e. The van der Waals surface area contributed by atoms with Gasteiger partial charge in [0.1, 0.15) is 5.75 Å². The molecule has 0 aliphatic heterocycles. The van der Waals surface area contributed by atoms with Gasteiger partial charge in [0, 0.05) is 12.5 Å². The second-order valence-corrected chi connectivity index (χ2v) is 7.98. The zero-order valence-corrected chi connectivity index (χ0v) is 15.4. The van der Waals surface area contributed by atoms with Crippen LogP contribution in [0.15, 0.2) is 30.3 Å². The third kappa shape index (κ3) is 9.93. The number of rotatable bonds is 9. The number of aliphatic carboxylic acids is 1. The van der Waals surface area contributed by atoms with E-state index in [1.807, 2.05) is 60.7 Å². The molecule has 23 heavy (non-hydrogen) atoms. The lowest BCUT2D eigenvalue weighted by Crippen LogP contribution is -2.18. The Balaban J connectivity index is 2.38. The molecule has 0 saturated heterocycles. The topological polar surface area (TPSA) is 72.8 Å². The van der Waals surface area contributed by atoms with Gasteiger partial charge in [0.05, 0.1) is 6.61 Å². The molecule has 0 unspecified atom stereocenters. The minimum absolute atomic E-state index is 0.164. The normalized spacial score (nSPS) is 11.4. The smallest absolute Gasteiger partial charge is 0.332 e. The number of carbonyl (C=O) groups is 2. The summed E-state index contributed by atoms with van der Waals surface area (Å²) in [5.74, 6) is -0.456. The summed E-state index contributed by atoms with van der Waals surface area (Å²) >= 11 is 2.05. The summed E-state index contributed by atoms with van der Waals surface area (Å²) in [7, 11) is 0. The lowest BCUT2D eigenvalue weighted by atomic mass is 10.2. The van der Waals surface area contributed by atoms with E-state index in [0.29, 0.717) is 25.2 Å². The molecular weight excluding hydrogens is 411 g/mol. The van der Waals surface area contributed by atoms with Crippen LogP contribution < -0.4 is 4.74 Å². The van der Waals surface area contributed by atoms with Crippen molar-refractivity contribution in [3.8, 4) is 5.75 Å². The molecule has 0 aliphatic rings. The molecule has 1 rings (SSSR count). The van der Waals surface area contributed by atoms with Gasteiger partial charge in [-0.1, -0.05) is 12.1 Å². The Bertz CT molecular complexity index is 543. The van der Waals surface area contributed by atoms with E-state index >= 15 is 0 Å². The van der Waals surface area contributed by atoms with E-state index < -0.39 is 9.58 Å². The number of carboxylic acids is 1. The van der Waals surface area contributed by atoms with Crippen molar-refractivity contribution < 1.29 is 24.2 Å². The second-order valence-electron chi connectivity index (χ2n) is 5.39. The van der Waals surface area contributed by atoms with E-state index in [2.05, 4.69) is 0 Å². The zero-order valence-electron chi connectivity index (χ0n) is 13.3. The summed E-state index contributed by atoms with van der Waals surface area (Å²) in [6.07, 6.45) is 4.54. The van der Waals surface area contributed by atoms with Gasteiger partial charge in [-0.3, -0.25) is 4.79 Å². The van der Waals surface area contributed by atoms with Crippen LogP contribution in [0.1, 0.15) is 38.7 Å². The first-order valence-corrected chi connectivity index (χ1v) is 8.39. The van der Waals surface area contributed by atoms with Gasteiger partial charge in [-0.15, -0.1) is 0 Å². The van der Waals surface area contributed by atoms with Gasteiger partial charge in [0.15, 0.2) is 3.61 Å². The maximum atomic E-state index is 11.6. The van der Waals surface area contributed by atoms with Gasteiger partial charge in [-0.05, 0) is 73.1 Å². The highest BCUT2D eigenvalue weighted by atomic mass is 127.